The molecule has 0 fully saturated rings. The van der Waals surface area contributed by atoms with Gasteiger partial charge in [0.25, 0.3) is 0 Å². The van der Waals surface area contributed by atoms with E-state index in [2.05, 4.69) is 36.0 Å². The van der Waals surface area contributed by atoms with Gasteiger partial charge in [-0.2, -0.15) is 5.10 Å². The van der Waals surface area contributed by atoms with Gasteiger partial charge in [0.1, 0.15) is 24.0 Å². The van der Waals surface area contributed by atoms with Gasteiger partial charge in [-0.1, -0.05) is 0 Å². The summed E-state index contributed by atoms with van der Waals surface area (Å²) in [6.45, 7) is 3.67. The van der Waals surface area contributed by atoms with Crippen molar-refractivity contribution in [1.82, 2.24) is 15.2 Å². The van der Waals surface area contributed by atoms with Gasteiger partial charge in [0.2, 0.25) is 0 Å². The van der Waals surface area contributed by atoms with Gasteiger partial charge in [0.05, 0.1) is 23.2 Å². The molecule has 3 rings (SSSR count). The molecule has 0 spiro atoms. The van der Waals surface area contributed by atoms with Crippen molar-refractivity contribution in [2.24, 2.45) is 0 Å². The van der Waals surface area contributed by atoms with Crippen LogP contribution in [0.5, 0.6) is 5.75 Å². The maximum Gasteiger partial charge on any atom is 0.169 e. The lowest BCUT2D eigenvalue weighted by atomic mass is 10.2. The molecule has 0 aliphatic carbocycles. The molecule has 0 saturated carbocycles. The lowest BCUT2D eigenvalue weighted by Crippen LogP contribution is -2.32. The molecule has 0 atom stereocenters. The summed E-state index contributed by atoms with van der Waals surface area (Å²) in [5, 5.41) is 6.93. The third kappa shape index (κ3) is 2.42. The Balaban J connectivity index is 1.91. The smallest absolute Gasteiger partial charge is 0.169 e. The van der Waals surface area contributed by atoms with Crippen molar-refractivity contribution >= 4 is 21.6 Å². The van der Waals surface area contributed by atoms with Crippen LogP contribution in [0.15, 0.2) is 16.6 Å². The summed E-state index contributed by atoms with van der Waals surface area (Å²) in [4.78, 5) is 6.36. The number of H-pyrrole nitrogens is 1. The molecule has 0 unspecified atom stereocenters. The number of halogens is 2. The van der Waals surface area contributed by atoms with E-state index >= 15 is 0 Å². The first-order valence-corrected chi connectivity index (χ1v) is 6.67. The summed E-state index contributed by atoms with van der Waals surface area (Å²) >= 11 is 3.20. The molecular weight excluding hydrogens is 315 g/mol. The molecule has 1 aliphatic rings. The molecule has 5 nitrogen and oxygen atoms in total. The van der Waals surface area contributed by atoms with E-state index < -0.39 is 0 Å². The highest BCUT2D eigenvalue weighted by atomic mass is 79.9. The van der Waals surface area contributed by atoms with E-state index in [1.54, 1.807) is 6.07 Å². The van der Waals surface area contributed by atoms with Crippen LogP contribution in [0.3, 0.4) is 0 Å². The number of fused-ring (bicyclic) bond motifs is 1. The van der Waals surface area contributed by atoms with Crippen LogP contribution in [0.4, 0.5) is 10.1 Å². The molecule has 0 amide bonds. The summed E-state index contributed by atoms with van der Waals surface area (Å²) < 4.78 is 19.4. The standard InChI is InChI=1S/C12H12BrFN4O/c1-7-15-12(17-16-7)6-18-2-3-19-11-5-9(14)8(13)4-10(11)18/h4-5H,2-3,6H2,1H3,(H,15,16,17). The van der Waals surface area contributed by atoms with Crippen molar-refractivity contribution in [3.63, 3.8) is 0 Å². The Kier molecular flexibility index (Phi) is 3.14. The Morgan fingerprint density at radius 1 is 1.53 bits per heavy atom. The minimum atomic E-state index is -0.325. The van der Waals surface area contributed by atoms with Gasteiger partial charge in [-0.05, 0) is 28.9 Å². The number of hydrogen-bond donors (Lipinski definition) is 1. The van der Waals surface area contributed by atoms with Crippen molar-refractivity contribution in [2.45, 2.75) is 13.5 Å². The van der Waals surface area contributed by atoms with Crippen molar-refractivity contribution in [2.75, 3.05) is 18.1 Å². The highest BCUT2D eigenvalue weighted by molar-refractivity contribution is 9.10. The van der Waals surface area contributed by atoms with Crippen LogP contribution in [-0.4, -0.2) is 28.3 Å². The number of benzene rings is 1. The number of rotatable bonds is 2. The molecule has 2 heterocycles. The number of nitrogens with one attached hydrogen (secondary N) is 1. The Morgan fingerprint density at radius 3 is 3.11 bits per heavy atom. The van der Waals surface area contributed by atoms with E-state index in [1.807, 2.05) is 6.92 Å². The molecule has 1 N–H and O–H groups in total. The lowest BCUT2D eigenvalue weighted by molar-refractivity contribution is 0.304. The number of aromatic amines is 1. The number of nitrogens with zero attached hydrogens (tertiary/aromatic N) is 3. The number of hydrogen-bond acceptors (Lipinski definition) is 4. The Bertz CT molecular complexity index is 616. The number of ether oxygens (including phenoxy) is 1. The summed E-state index contributed by atoms with van der Waals surface area (Å²) in [6, 6.07) is 3.12. The molecule has 2 aromatic rings. The van der Waals surface area contributed by atoms with Crippen molar-refractivity contribution in [3.05, 3.63) is 34.1 Å². The van der Waals surface area contributed by atoms with Crippen LogP contribution < -0.4 is 9.64 Å². The second-order valence-electron chi connectivity index (χ2n) is 4.34. The fourth-order valence-electron chi connectivity index (χ4n) is 2.06. The van der Waals surface area contributed by atoms with E-state index in [1.165, 1.54) is 6.07 Å². The molecule has 19 heavy (non-hydrogen) atoms. The van der Waals surface area contributed by atoms with Gasteiger partial charge in [0.15, 0.2) is 5.82 Å². The number of aryl methyl sites for hydroxylation is 1. The minimum Gasteiger partial charge on any atom is -0.489 e. The molecule has 1 aromatic carbocycles. The maximum atomic E-state index is 13.5. The summed E-state index contributed by atoms with van der Waals surface area (Å²) in [6.07, 6.45) is 0. The zero-order chi connectivity index (χ0) is 13.4. The summed E-state index contributed by atoms with van der Waals surface area (Å²) in [7, 11) is 0. The van der Waals surface area contributed by atoms with Gasteiger partial charge >= 0.3 is 0 Å². The molecular formula is C12H12BrFN4O. The zero-order valence-electron chi connectivity index (χ0n) is 10.3. The Labute approximate surface area is 117 Å². The van der Waals surface area contributed by atoms with Crippen LogP contribution in [0.25, 0.3) is 0 Å². The Morgan fingerprint density at radius 2 is 2.37 bits per heavy atom. The normalized spacial score (nSPS) is 14.2. The van der Waals surface area contributed by atoms with Crippen LogP contribution >= 0.6 is 15.9 Å². The van der Waals surface area contributed by atoms with Crippen LogP contribution in [0, 0.1) is 12.7 Å². The van der Waals surface area contributed by atoms with E-state index in [4.69, 9.17) is 4.74 Å². The highest BCUT2D eigenvalue weighted by Gasteiger charge is 2.21. The molecule has 7 heteroatoms. The van der Waals surface area contributed by atoms with Gasteiger partial charge in [-0.3, -0.25) is 5.10 Å². The molecule has 0 bridgehead atoms. The average Bonchev–Trinajstić information content (AvgIpc) is 2.77. The SMILES string of the molecule is Cc1nc(CN2CCOc3cc(F)c(Br)cc32)n[nH]1. The Hall–Kier alpha value is -1.63. The number of aromatic nitrogens is 3. The van der Waals surface area contributed by atoms with E-state index in [0.717, 1.165) is 18.1 Å². The van der Waals surface area contributed by atoms with E-state index in [0.29, 0.717) is 29.2 Å². The van der Waals surface area contributed by atoms with Crippen LogP contribution in [-0.2, 0) is 6.54 Å². The van der Waals surface area contributed by atoms with Crippen molar-refractivity contribution < 1.29 is 9.13 Å². The quantitative estimate of drug-likeness (QED) is 0.920. The van der Waals surface area contributed by atoms with Gasteiger partial charge in [-0.25, -0.2) is 9.37 Å². The lowest BCUT2D eigenvalue weighted by Gasteiger charge is -2.30. The average molecular weight is 327 g/mol. The number of anilines is 1. The van der Waals surface area contributed by atoms with Gasteiger partial charge in [0, 0.05) is 6.07 Å². The third-order valence-electron chi connectivity index (χ3n) is 2.94. The molecule has 100 valence electrons. The fourth-order valence-corrected chi connectivity index (χ4v) is 2.39. The first-order valence-electron chi connectivity index (χ1n) is 5.88. The second kappa shape index (κ2) is 4.80. The monoisotopic (exact) mass is 326 g/mol. The van der Waals surface area contributed by atoms with E-state index in [-0.39, 0.29) is 5.82 Å². The molecule has 0 saturated heterocycles. The molecule has 1 aliphatic heterocycles. The first kappa shape index (κ1) is 12.4. The minimum absolute atomic E-state index is 0.325. The van der Waals surface area contributed by atoms with E-state index in [9.17, 15) is 4.39 Å². The van der Waals surface area contributed by atoms with Crippen molar-refractivity contribution in [1.29, 1.82) is 0 Å². The zero-order valence-corrected chi connectivity index (χ0v) is 11.9. The third-order valence-corrected chi connectivity index (χ3v) is 3.54. The topological polar surface area (TPSA) is 54.0 Å². The van der Waals surface area contributed by atoms with Gasteiger partial charge < -0.3 is 9.64 Å². The van der Waals surface area contributed by atoms with Crippen LogP contribution in [0.1, 0.15) is 11.6 Å². The van der Waals surface area contributed by atoms with Crippen molar-refractivity contribution in [3.8, 4) is 5.75 Å². The first-order chi connectivity index (χ1) is 9.13. The molecule has 1 aromatic heterocycles. The second-order valence-corrected chi connectivity index (χ2v) is 5.20. The summed E-state index contributed by atoms with van der Waals surface area (Å²) in [5.41, 5.74) is 0.849. The van der Waals surface area contributed by atoms with Crippen LogP contribution in [0.2, 0.25) is 0 Å². The molecule has 0 radical (unpaired) electrons. The largest absolute Gasteiger partial charge is 0.489 e. The van der Waals surface area contributed by atoms with Gasteiger partial charge in [-0.15, -0.1) is 0 Å². The fraction of sp³-hybridized carbons (Fsp3) is 0.333. The highest BCUT2D eigenvalue weighted by Crippen LogP contribution is 2.36. The predicted octanol–water partition coefficient (Wildman–Crippen LogP) is 2.41. The predicted molar refractivity (Wildman–Crippen MR) is 71.8 cm³/mol. The maximum absolute atomic E-state index is 13.5. The summed E-state index contributed by atoms with van der Waals surface area (Å²) in [5.74, 6) is 1.73.